The zero-order valence-electron chi connectivity index (χ0n) is 20.4. The number of phenols is 1. The molecule has 5 aliphatic rings. The van der Waals surface area contributed by atoms with Gasteiger partial charge in [0.05, 0.1) is 6.54 Å². The smallest absolute Gasteiger partial charge is 0.237 e. The number of carbonyl (C=O) groups excluding carboxylic acids is 1. The van der Waals surface area contributed by atoms with Gasteiger partial charge in [-0.25, -0.2) is 4.39 Å². The number of anilines is 1. The predicted molar refractivity (Wildman–Crippen MR) is 135 cm³/mol. The van der Waals surface area contributed by atoms with Crippen LogP contribution in [0.3, 0.4) is 0 Å². The molecule has 2 aromatic rings. The van der Waals surface area contributed by atoms with Gasteiger partial charge in [-0.15, -0.1) is 0 Å². The zero-order valence-corrected chi connectivity index (χ0v) is 20.4. The van der Waals surface area contributed by atoms with E-state index in [0.29, 0.717) is 13.1 Å². The summed E-state index contributed by atoms with van der Waals surface area (Å²) in [5, 5.41) is 9.57. The standard InChI is InChI=1S/C29H36FN3O2/c30-25-3-1-21(2-4-25)19-33(29-16-22-13-23(17-29)15-24(14-22)18-29)28(35)20-31-9-11-32(12-10-31)26-5-7-27(34)8-6-26/h1-8,22-24,34H,9-20H2. The van der Waals surface area contributed by atoms with Gasteiger partial charge >= 0.3 is 0 Å². The summed E-state index contributed by atoms with van der Waals surface area (Å²) in [7, 11) is 0. The first-order valence-corrected chi connectivity index (χ1v) is 13.3. The summed E-state index contributed by atoms with van der Waals surface area (Å²) in [5.41, 5.74) is 2.11. The molecule has 5 nitrogen and oxygen atoms in total. The van der Waals surface area contributed by atoms with E-state index in [-0.39, 0.29) is 23.0 Å². The van der Waals surface area contributed by atoms with Gasteiger partial charge in [-0.2, -0.15) is 0 Å². The normalized spacial score (nSPS) is 30.0. The van der Waals surface area contributed by atoms with E-state index in [1.807, 2.05) is 24.3 Å². The summed E-state index contributed by atoms with van der Waals surface area (Å²) < 4.78 is 13.6. The van der Waals surface area contributed by atoms with Crippen LogP contribution < -0.4 is 4.90 Å². The summed E-state index contributed by atoms with van der Waals surface area (Å²) in [6.45, 7) is 4.46. The van der Waals surface area contributed by atoms with Crippen molar-refractivity contribution in [3.05, 3.63) is 59.9 Å². The van der Waals surface area contributed by atoms with Gasteiger partial charge < -0.3 is 14.9 Å². The molecule has 5 fully saturated rings. The fourth-order valence-corrected chi connectivity index (χ4v) is 7.79. The molecule has 2 aromatic carbocycles. The Labute approximate surface area is 207 Å². The van der Waals surface area contributed by atoms with E-state index in [9.17, 15) is 14.3 Å². The summed E-state index contributed by atoms with van der Waals surface area (Å²) in [5.74, 6) is 2.57. The van der Waals surface area contributed by atoms with Gasteiger partial charge in [-0.1, -0.05) is 12.1 Å². The Morgan fingerprint density at radius 3 is 2.03 bits per heavy atom. The second-order valence-corrected chi connectivity index (χ2v) is 11.5. The third-order valence-electron chi connectivity index (χ3n) is 9.08. The Hall–Kier alpha value is -2.60. The van der Waals surface area contributed by atoms with Gasteiger partial charge in [0, 0.05) is 44.0 Å². The molecule has 1 N–H and O–H groups in total. The van der Waals surface area contributed by atoms with Crippen molar-refractivity contribution in [3.63, 3.8) is 0 Å². The predicted octanol–water partition coefficient (Wildman–Crippen LogP) is 4.65. The lowest BCUT2D eigenvalue weighted by Crippen LogP contribution is -2.62. The van der Waals surface area contributed by atoms with Crippen LogP contribution in [0.5, 0.6) is 5.75 Å². The Bertz CT molecular complexity index is 1010. The molecule has 1 amide bonds. The van der Waals surface area contributed by atoms with Crippen LogP contribution in [0.25, 0.3) is 0 Å². The number of aromatic hydroxyl groups is 1. The number of rotatable bonds is 6. The number of benzene rings is 2. The monoisotopic (exact) mass is 477 g/mol. The minimum Gasteiger partial charge on any atom is -0.508 e. The Morgan fingerprint density at radius 2 is 1.46 bits per heavy atom. The van der Waals surface area contributed by atoms with E-state index in [2.05, 4.69) is 14.7 Å². The number of carbonyl (C=O) groups is 1. The molecule has 6 heteroatoms. The van der Waals surface area contributed by atoms with Crippen LogP contribution in [0.4, 0.5) is 10.1 Å². The Balaban J connectivity index is 1.17. The maximum absolute atomic E-state index is 14.0. The first-order chi connectivity index (χ1) is 17.0. The zero-order chi connectivity index (χ0) is 24.0. The van der Waals surface area contributed by atoms with Crippen LogP contribution in [0, 0.1) is 23.6 Å². The molecule has 0 unspecified atom stereocenters. The number of amides is 1. The fourth-order valence-electron chi connectivity index (χ4n) is 7.79. The van der Waals surface area contributed by atoms with Crippen LogP contribution in [0.2, 0.25) is 0 Å². The van der Waals surface area contributed by atoms with Crippen molar-refractivity contribution in [2.45, 2.75) is 50.6 Å². The van der Waals surface area contributed by atoms with Crippen molar-refractivity contribution < 1.29 is 14.3 Å². The molecule has 7 rings (SSSR count). The van der Waals surface area contributed by atoms with Crippen LogP contribution in [0.1, 0.15) is 44.1 Å². The summed E-state index contributed by atoms with van der Waals surface area (Å²) >= 11 is 0. The average molecular weight is 478 g/mol. The highest BCUT2D eigenvalue weighted by atomic mass is 19.1. The summed E-state index contributed by atoms with van der Waals surface area (Å²) in [6, 6.07) is 14.1. The Kier molecular flexibility index (Phi) is 5.95. The highest BCUT2D eigenvalue weighted by Crippen LogP contribution is 2.58. The number of halogens is 1. The second kappa shape index (κ2) is 9.12. The largest absolute Gasteiger partial charge is 0.508 e. The molecule has 186 valence electrons. The van der Waals surface area contributed by atoms with Crippen molar-refractivity contribution in [1.29, 1.82) is 0 Å². The number of nitrogens with zero attached hydrogens (tertiary/aromatic N) is 3. The van der Waals surface area contributed by atoms with Crippen molar-refractivity contribution in [2.24, 2.45) is 17.8 Å². The van der Waals surface area contributed by atoms with Gasteiger partial charge in [-0.05, 0) is 98.2 Å². The van der Waals surface area contributed by atoms with Gasteiger partial charge in [0.15, 0.2) is 0 Å². The minimum atomic E-state index is -0.229. The lowest BCUT2D eigenvalue weighted by atomic mass is 9.52. The molecular weight excluding hydrogens is 441 g/mol. The first kappa shape index (κ1) is 22.8. The summed E-state index contributed by atoms with van der Waals surface area (Å²) in [6.07, 6.45) is 7.45. The van der Waals surface area contributed by atoms with E-state index in [1.165, 1.54) is 31.4 Å². The van der Waals surface area contributed by atoms with Crippen LogP contribution >= 0.6 is 0 Å². The quantitative estimate of drug-likeness (QED) is 0.658. The number of phenolic OH excluding ortho intramolecular Hbond substituents is 1. The van der Waals surface area contributed by atoms with Crippen LogP contribution in [0.15, 0.2) is 48.5 Å². The number of piperazine rings is 1. The van der Waals surface area contributed by atoms with E-state index < -0.39 is 0 Å². The van der Waals surface area contributed by atoms with Crippen molar-refractivity contribution in [3.8, 4) is 5.75 Å². The topological polar surface area (TPSA) is 47.0 Å². The highest BCUT2D eigenvalue weighted by molar-refractivity contribution is 5.79. The number of hydrogen-bond donors (Lipinski definition) is 1. The first-order valence-electron chi connectivity index (χ1n) is 13.3. The van der Waals surface area contributed by atoms with Crippen molar-refractivity contribution in [1.82, 2.24) is 9.80 Å². The Morgan fingerprint density at radius 1 is 0.886 bits per heavy atom. The van der Waals surface area contributed by atoms with Crippen molar-refractivity contribution in [2.75, 3.05) is 37.6 Å². The molecule has 0 atom stereocenters. The van der Waals surface area contributed by atoms with Gasteiger partial charge in [-0.3, -0.25) is 9.69 Å². The fraction of sp³-hybridized carbons (Fsp3) is 0.552. The van der Waals surface area contributed by atoms with Gasteiger partial charge in [0.2, 0.25) is 5.91 Å². The second-order valence-electron chi connectivity index (χ2n) is 11.5. The molecule has 4 aliphatic carbocycles. The average Bonchev–Trinajstić information content (AvgIpc) is 2.84. The molecule has 0 spiro atoms. The highest BCUT2D eigenvalue weighted by Gasteiger charge is 2.54. The van der Waals surface area contributed by atoms with Crippen molar-refractivity contribution >= 4 is 11.6 Å². The summed E-state index contributed by atoms with van der Waals surface area (Å²) in [4.78, 5) is 20.8. The van der Waals surface area contributed by atoms with E-state index in [0.717, 1.165) is 74.4 Å². The lowest BCUT2D eigenvalue weighted by molar-refractivity contribution is -0.153. The van der Waals surface area contributed by atoms with E-state index >= 15 is 0 Å². The molecule has 35 heavy (non-hydrogen) atoms. The SMILES string of the molecule is O=C(CN1CCN(c2ccc(O)cc2)CC1)N(Cc1ccc(F)cc1)C12CC3CC(CC(C3)C1)C2. The molecule has 0 radical (unpaired) electrons. The molecule has 1 saturated heterocycles. The molecule has 4 saturated carbocycles. The van der Waals surface area contributed by atoms with E-state index in [4.69, 9.17) is 0 Å². The molecule has 1 heterocycles. The minimum absolute atomic E-state index is 0.0198. The van der Waals surface area contributed by atoms with Crippen LogP contribution in [-0.2, 0) is 11.3 Å². The molecule has 0 aromatic heterocycles. The van der Waals surface area contributed by atoms with E-state index in [1.54, 1.807) is 12.1 Å². The third kappa shape index (κ3) is 4.65. The van der Waals surface area contributed by atoms with Crippen LogP contribution in [-0.4, -0.2) is 59.1 Å². The molecular formula is C29H36FN3O2. The van der Waals surface area contributed by atoms with Gasteiger partial charge in [0.25, 0.3) is 0 Å². The maximum atomic E-state index is 14.0. The maximum Gasteiger partial charge on any atom is 0.237 e. The molecule has 4 bridgehead atoms. The molecule has 1 aliphatic heterocycles. The van der Waals surface area contributed by atoms with Gasteiger partial charge in [0.1, 0.15) is 11.6 Å². The third-order valence-corrected chi connectivity index (χ3v) is 9.08. The lowest BCUT2D eigenvalue weighted by Gasteiger charge is -2.60. The number of hydrogen-bond acceptors (Lipinski definition) is 4.